The van der Waals surface area contributed by atoms with Crippen LogP contribution in [0.4, 0.5) is 19.0 Å². The van der Waals surface area contributed by atoms with Gasteiger partial charge in [-0.3, -0.25) is 14.5 Å². The van der Waals surface area contributed by atoms with Crippen molar-refractivity contribution in [1.82, 2.24) is 30.5 Å². The molecule has 2 amide bonds. The molecule has 4 heterocycles. The first-order valence-electron chi connectivity index (χ1n) is 15.2. The summed E-state index contributed by atoms with van der Waals surface area (Å²) in [6.07, 6.45) is 1.24. The number of amides is 2. The van der Waals surface area contributed by atoms with Gasteiger partial charge in [0.15, 0.2) is 0 Å². The van der Waals surface area contributed by atoms with Crippen LogP contribution < -0.4 is 15.5 Å². The summed E-state index contributed by atoms with van der Waals surface area (Å²) in [6, 6.07) is 7.04. The number of halogens is 4. The molecule has 3 atom stereocenters. The molecule has 2 aromatic heterocycles. The van der Waals surface area contributed by atoms with E-state index in [0.29, 0.717) is 42.8 Å². The average Bonchev–Trinajstić information content (AvgIpc) is 3.01. The molecule has 2 saturated heterocycles. The number of nitrogens with zero attached hydrogens (tertiary/aromatic N) is 5. The molecular formula is C31H37ClF3N7O3. The van der Waals surface area contributed by atoms with E-state index >= 15 is 0 Å². The van der Waals surface area contributed by atoms with E-state index in [2.05, 4.69) is 32.4 Å². The second-order valence-corrected chi connectivity index (χ2v) is 11.8. The lowest BCUT2D eigenvalue weighted by Gasteiger charge is -2.40. The number of hydrogen-bond acceptors (Lipinski definition) is 8. The molecule has 3 unspecified atom stereocenters. The maximum absolute atomic E-state index is 13.6. The Labute approximate surface area is 264 Å². The highest BCUT2D eigenvalue weighted by Crippen LogP contribution is 2.32. The molecule has 2 aliphatic rings. The number of aromatic nitrogens is 3. The molecule has 5 rings (SSSR count). The number of morpholine rings is 1. The number of benzene rings is 1. The first kappa shape index (κ1) is 32.8. The van der Waals surface area contributed by atoms with Crippen molar-refractivity contribution in [2.75, 3.05) is 44.3 Å². The van der Waals surface area contributed by atoms with Crippen LogP contribution in [0.15, 0.2) is 36.7 Å². The van der Waals surface area contributed by atoms with Gasteiger partial charge in [0.1, 0.15) is 5.82 Å². The van der Waals surface area contributed by atoms with Crippen molar-refractivity contribution < 1.29 is 27.5 Å². The molecule has 0 radical (unpaired) electrons. The Balaban J connectivity index is 1.36. The smallest absolute Gasteiger partial charge is 0.379 e. The molecule has 0 saturated carbocycles. The van der Waals surface area contributed by atoms with Gasteiger partial charge in [0.25, 0.3) is 5.91 Å². The van der Waals surface area contributed by atoms with Crippen LogP contribution in [0.3, 0.4) is 0 Å². The van der Waals surface area contributed by atoms with Gasteiger partial charge in [-0.25, -0.2) is 15.0 Å². The number of anilines is 1. The highest BCUT2D eigenvalue weighted by atomic mass is 35.5. The SMILES string of the molecule is CCCC1CC(NC(C)=O)CCN1c1ccc2c(C(=O)NCC(c3cnc(C(F)(F)F)nc3)N3CCOCC3)c(Cl)ccc2n1. The van der Waals surface area contributed by atoms with Gasteiger partial charge >= 0.3 is 6.18 Å². The quantitative estimate of drug-likeness (QED) is 0.342. The first-order valence-corrected chi connectivity index (χ1v) is 15.5. The third-order valence-electron chi connectivity index (χ3n) is 8.32. The molecule has 0 spiro atoms. The maximum Gasteiger partial charge on any atom is 0.451 e. The lowest BCUT2D eigenvalue weighted by molar-refractivity contribution is -0.145. The molecule has 45 heavy (non-hydrogen) atoms. The summed E-state index contributed by atoms with van der Waals surface area (Å²) in [5.74, 6) is -0.875. The van der Waals surface area contributed by atoms with Gasteiger partial charge in [-0.1, -0.05) is 24.9 Å². The summed E-state index contributed by atoms with van der Waals surface area (Å²) < 4.78 is 44.7. The van der Waals surface area contributed by atoms with Crippen molar-refractivity contribution in [3.8, 4) is 0 Å². The molecule has 0 aliphatic carbocycles. The largest absolute Gasteiger partial charge is 0.451 e. The molecule has 1 aromatic carbocycles. The lowest BCUT2D eigenvalue weighted by atomic mass is 9.93. The second-order valence-electron chi connectivity index (χ2n) is 11.4. The Morgan fingerprint density at radius 2 is 1.84 bits per heavy atom. The number of carbonyl (C=O) groups excluding carboxylic acids is 2. The number of fused-ring (bicyclic) bond motifs is 1. The van der Waals surface area contributed by atoms with Crippen molar-refractivity contribution in [2.45, 2.75) is 63.8 Å². The fourth-order valence-corrected chi connectivity index (χ4v) is 6.47. The monoisotopic (exact) mass is 647 g/mol. The zero-order valence-electron chi connectivity index (χ0n) is 25.2. The van der Waals surface area contributed by atoms with Crippen molar-refractivity contribution in [1.29, 1.82) is 0 Å². The molecule has 10 nitrogen and oxygen atoms in total. The van der Waals surface area contributed by atoms with Gasteiger partial charge in [0.2, 0.25) is 11.7 Å². The highest BCUT2D eigenvalue weighted by molar-refractivity contribution is 6.35. The number of nitrogens with one attached hydrogen (secondary N) is 2. The normalized spacial score (nSPS) is 20.2. The molecular weight excluding hydrogens is 611 g/mol. The number of piperidine rings is 1. The molecule has 2 aliphatic heterocycles. The van der Waals surface area contributed by atoms with Crippen LogP contribution >= 0.6 is 11.6 Å². The van der Waals surface area contributed by atoms with Gasteiger partial charge in [0, 0.05) is 68.5 Å². The summed E-state index contributed by atoms with van der Waals surface area (Å²) in [6.45, 7) is 6.48. The average molecular weight is 648 g/mol. The van der Waals surface area contributed by atoms with E-state index in [1.165, 1.54) is 6.92 Å². The molecule has 3 aromatic rings. The fourth-order valence-electron chi connectivity index (χ4n) is 6.22. The van der Waals surface area contributed by atoms with Gasteiger partial charge in [0.05, 0.1) is 35.4 Å². The minimum atomic E-state index is -4.65. The van der Waals surface area contributed by atoms with Crippen LogP contribution in [0.5, 0.6) is 0 Å². The summed E-state index contributed by atoms with van der Waals surface area (Å²) in [5.41, 5.74) is 1.33. The van der Waals surface area contributed by atoms with E-state index in [1.807, 2.05) is 17.0 Å². The van der Waals surface area contributed by atoms with E-state index in [0.717, 1.165) is 50.4 Å². The Morgan fingerprint density at radius 3 is 2.51 bits per heavy atom. The molecule has 14 heteroatoms. The van der Waals surface area contributed by atoms with E-state index in [4.69, 9.17) is 21.3 Å². The van der Waals surface area contributed by atoms with Crippen molar-refractivity contribution in [3.05, 3.63) is 58.6 Å². The van der Waals surface area contributed by atoms with Crippen LogP contribution in [-0.4, -0.2) is 83.1 Å². The third-order valence-corrected chi connectivity index (χ3v) is 8.64. The Kier molecular flexibility index (Phi) is 10.4. The summed E-state index contributed by atoms with van der Waals surface area (Å²) in [7, 11) is 0. The van der Waals surface area contributed by atoms with E-state index in [9.17, 15) is 22.8 Å². The second kappa shape index (κ2) is 14.3. The van der Waals surface area contributed by atoms with Crippen molar-refractivity contribution in [3.63, 3.8) is 0 Å². The minimum absolute atomic E-state index is 0.0285. The summed E-state index contributed by atoms with van der Waals surface area (Å²) in [4.78, 5) is 41.5. The zero-order valence-corrected chi connectivity index (χ0v) is 26.0. The molecule has 0 bridgehead atoms. The van der Waals surface area contributed by atoms with Gasteiger partial charge in [-0.15, -0.1) is 0 Å². The Bertz CT molecular complexity index is 1500. The van der Waals surface area contributed by atoms with Crippen molar-refractivity contribution >= 4 is 40.1 Å². The first-order chi connectivity index (χ1) is 21.5. The number of carbonyl (C=O) groups is 2. The number of rotatable bonds is 9. The summed E-state index contributed by atoms with van der Waals surface area (Å²) in [5, 5.41) is 6.84. The van der Waals surface area contributed by atoms with E-state index in [-0.39, 0.29) is 35.1 Å². The number of pyridine rings is 1. The topological polar surface area (TPSA) is 113 Å². The Morgan fingerprint density at radius 1 is 1.11 bits per heavy atom. The number of hydrogen-bond donors (Lipinski definition) is 2. The maximum atomic E-state index is 13.6. The molecule has 2 fully saturated rings. The predicted octanol–water partition coefficient (Wildman–Crippen LogP) is 4.77. The molecule has 242 valence electrons. The third kappa shape index (κ3) is 7.82. The van der Waals surface area contributed by atoms with Crippen LogP contribution in [0, 0.1) is 0 Å². The van der Waals surface area contributed by atoms with Crippen LogP contribution in [-0.2, 0) is 15.7 Å². The van der Waals surface area contributed by atoms with Gasteiger partial charge in [-0.2, -0.15) is 13.2 Å². The number of ether oxygens (including phenoxy) is 1. The van der Waals surface area contributed by atoms with Gasteiger partial charge in [-0.05, 0) is 43.5 Å². The molecule has 2 N–H and O–H groups in total. The van der Waals surface area contributed by atoms with Crippen molar-refractivity contribution in [2.24, 2.45) is 0 Å². The van der Waals surface area contributed by atoms with Crippen LogP contribution in [0.25, 0.3) is 10.9 Å². The van der Waals surface area contributed by atoms with Crippen LogP contribution in [0.1, 0.15) is 67.3 Å². The highest BCUT2D eigenvalue weighted by Gasteiger charge is 2.35. The zero-order chi connectivity index (χ0) is 32.1. The fraction of sp³-hybridized carbons (Fsp3) is 0.516. The number of alkyl halides is 3. The summed E-state index contributed by atoms with van der Waals surface area (Å²) >= 11 is 6.56. The Hall–Kier alpha value is -3.55. The lowest BCUT2D eigenvalue weighted by Crippen LogP contribution is -2.50. The van der Waals surface area contributed by atoms with Gasteiger partial charge < -0.3 is 20.3 Å². The minimum Gasteiger partial charge on any atom is -0.379 e. The van der Waals surface area contributed by atoms with Crippen LogP contribution in [0.2, 0.25) is 5.02 Å². The standard InChI is InChI=1S/C31H37ClF3N7O3/c1-3-4-22-15-21(39-19(2)43)9-10-42(22)27-8-5-23-25(40-27)7-6-24(32)28(23)29(44)36-18-26(41-11-13-45-14-12-41)20-16-37-30(38-17-20)31(33,34)35/h5-8,16-17,21-22,26H,3-4,9-15,18H2,1-2H3,(H,36,44)(H,39,43). The van der Waals surface area contributed by atoms with E-state index in [1.54, 1.807) is 12.1 Å². The predicted molar refractivity (Wildman–Crippen MR) is 164 cm³/mol. The van der Waals surface area contributed by atoms with E-state index < -0.39 is 23.9 Å².